The number of carbonyl (C=O) groups is 6. The Morgan fingerprint density at radius 1 is 0.323 bits per heavy atom. The number of nitrogens with zero attached hydrogens (tertiary/aromatic N) is 3. The Bertz CT molecular complexity index is 4520. The van der Waals surface area contributed by atoms with E-state index in [2.05, 4.69) is 45.9 Å². The number of allylic oxidation sites excluding steroid dienone is 6. The summed E-state index contributed by atoms with van der Waals surface area (Å²) in [6.07, 6.45) is 5.39. The standard InChI is InChI=1S/3C23H17N3O4S/c3*1-30-12-9-7-11(8-10-12)15-16-18(20(28)14-6-4-3-5-13(14)19(16)27)24-21-17(15)22(29)26-23(25-21)31-2/h3*3-10,15H,1-2H3,(H2,24,25,26,29)/t3*15-/m110/s1. The van der Waals surface area contributed by atoms with Crippen molar-refractivity contribution >= 4 is 87.4 Å². The first-order valence-electron chi connectivity index (χ1n) is 28.6. The maximum Gasteiger partial charge on any atom is 0.257 e. The highest BCUT2D eigenvalue weighted by Crippen LogP contribution is 2.48. The fourth-order valence-electron chi connectivity index (χ4n) is 12.3. The van der Waals surface area contributed by atoms with Crippen molar-refractivity contribution in [3.8, 4) is 17.2 Å². The molecule has 3 aromatic heterocycles. The molecule has 462 valence electrons. The van der Waals surface area contributed by atoms with Gasteiger partial charge in [-0.15, -0.1) is 0 Å². The molecule has 0 spiro atoms. The summed E-state index contributed by atoms with van der Waals surface area (Å²) in [5.74, 6) is -1.14. The number of aromatic amines is 3. The molecule has 0 fully saturated rings. The number of H-pyrrole nitrogens is 3. The van der Waals surface area contributed by atoms with Gasteiger partial charge in [-0.3, -0.25) is 43.2 Å². The molecule has 0 bridgehead atoms. The fraction of sp³-hybridized carbons (Fsp3) is 0.130. The summed E-state index contributed by atoms with van der Waals surface area (Å²) in [6, 6.07) is 41.5. The van der Waals surface area contributed by atoms with Crippen LogP contribution in [0.4, 0.5) is 17.5 Å². The van der Waals surface area contributed by atoms with Crippen LogP contribution >= 0.6 is 35.3 Å². The highest BCUT2D eigenvalue weighted by Gasteiger charge is 2.46. The lowest BCUT2D eigenvalue weighted by Crippen LogP contribution is -2.36. The van der Waals surface area contributed by atoms with Crippen molar-refractivity contribution in [1.82, 2.24) is 29.9 Å². The molecule has 3 aliphatic heterocycles. The maximum atomic E-state index is 13.5. The van der Waals surface area contributed by atoms with E-state index in [-0.39, 0.29) is 103 Å². The summed E-state index contributed by atoms with van der Waals surface area (Å²) >= 11 is 3.86. The molecule has 24 heteroatoms. The molecule has 93 heavy (non-hydrogen) atoms. The van der Waals surface area contributed by atoms with Crippen LogP contribution in [0.3, 0.4) is 0 Å². The van der Waals surface area contributed by atoms with Gasteiger partial charge in [-0.2, -0.15) is 0 Å². The number of rotatable bonds is 9. The zero-order valence-electron chi connectivity index (χ0n) is 50.1. The van der Waals surface area contributed by atoms with Gasteiger partial charge in [-0.05, 0) is 71.9 Å². The molecule has 21 nitrogen and oxygen atoms in total. The van der Waals surface area contributed by atoms with E-state index in [1.54, 1.807) is 186 Å². The first-order valence-corrected chi connectivity index (χ1v) is 32.3. The van der Waals surface area contributed by atoms with Gasteiger partial charge in [0.2, 0.25) is 17.3 Å². The number of Topliss-reactive ketones (excluding diaryl/α,β-unsaturated/α-hetero) is 6. The highest BCUT2D eigenvalue weighted by molar-refractivity contribution is 7.98. The Labute approximate surface area is 541 Å². The predicted molar refractivity (Wildman–Crippen MR) is 352 cm³/mol. The number of hydrogen-bond donors (Lipinski definition) is 6. The van der Waals surface area contributed by atoms with Gasteiger partial charge in [-0.1, -0.05) is 144 Å². The third-order valence-corrected chi connectivity index (χ3v) is 18.4. The number of fused-ring (bicyclic) bond motifs is 6. The van der Waals surface area contributed by atoms with Gasteiger partial charge in [-0.25, -0.2) is 15.0 Å². The van der Waals surface area contributed by atoms with Gasteiger partial charge < -0.3 is 45.1 Å². The third-order valence-electron chi connectivity index (χ3n) is 16.7. The van der Waals surface area contributed by atoms with Gasteiger partial charge >= 0.3 is 0 Å². The van der Waals surface area contributed by atoms with Crippen LogP contribution in [-0.2, 0) is 0 Å². The number of nitrogens with one attached hydrogen (secondary N) is 6. The maximum absolute atomic E-state index is 13.5. The van der Waals surface area contributed by atoms with Gasteiger partial charge in [0.05, 0.1) is 55.1 Å². The van der Waals surface area contributed by atoms with Gasteiger partial charge in [0.25, 0.3) is 16.7 Å². The average Bonchev–Trinajstić information content (AvgIpc) is 0.740. The molecule has 6 aromatic carbocycles. The Morgan fingerprint density at radius 2 is 0.548 bits per heavy atom. The van der Waals surface area contributed by atoms with Crippen molar-refractivity contribution in [3.63, 3.8) is 0 Å². The van der Waals surface area contributed by atoms with Crippen molar-refractivity contribution in [2.75, 3.05) is 56.0 Å². The van der Waals surface area contributed by atoms with Crippen LogP contribution in [0.25, 0.3) is 0 Å². The Balaban J connectivity index is 0.000000127. The number of benzene rings is 6. The van der Waals surface area contributed by atoms with Crippen LogP contribution in [0.2, 0.25) is 0 Å². The topological polar surface area (TPSA) is 303 Å². The van der Waals surface area contributed by atoms with Gasteiger partial charge in [0.1, 0.15) is 34.7 Å². The average molecular weight is 1290 g/mol. The molecule has 6 heterocycles. The lowest BCUT2D eigenvalue weighted by atomic mass is 9.74. The van der Waals surface area contributed by atoms with E-state index < -0.39 is 17.8 Å². The summed E-state index contributed by atoms with van der Waals surface area (Å²) in [6.45, 7) is 0. The monoisotopic (exact) mass is 1290 g/mol. The Hall–Kier alpha value is -11.0. The highest BCUT2D eigenvalue weighted by atomic mass is 32.2. The number of thioether (sulfide) groups is 3. The van der Waals surface area contributed by atoms with Crippen molar-refractivity contribution in [1.29, 1.82) is 0 Å². The number of aromatic nitrogens is 6. The smallest absolute Gasteiger partial charge is 0.257 e. The molecular formula is C69H51N9O12S3. The normalized spacial score (nSPS) is 16.9. The summed E-state index contributed by atoms with van der Waals surface area (Å²) in [5.41, 5.74) is 5.24. The van der Waals surface area contributed by atoms with Crippen molar-refractivity contribution < 1.29 is 43.0 Å². The zero-order valence-corrected chi connectivity index (χ0v) is 52.5. The number of carbonyl (C=O) groups excluding carboxylic acids is 6. The van der Waals surface area contributed by atoms with Crippen LogP contribution in [0, 0.1) is 0 Å². The van der Waals surface area contributed by atoms with Crippen LogP contribution in [0.1, 0.15) is 113 Å². The zero-order chi connectivity index (χ0) is 65.1. The summed E-state index contributed by atoms with van der Waals surface area (Å²) in [7, 11) is 4.69. The molecule has 0 radical (unpaired) electrons. The second-order valence-corrected chi connectivity index (χ2v) is 23.9. The summed E-state index contributed by atoms with van der Waals surface area (Å²) < 4.78 is 15.7. The summed E-state index contributed by atoms with van der Waals surface area (Å²) in [5, 5.41) is 10.3. The van der Waals surface area contributed by atoms with E-state index >= 15 is 0 Å². The first kappa shape index (κ1) is 60.9. The van der Waals surface area contributed by atoms with E-state index in [0.29, 0.717) is 99.5 Å². The van der Waals surface area contributed by atoms with Crippen LogP contribution < -0.4 is 46.8 Å². The second kappa shape index (κ2) is 24.7. The van der Waals surface area contributed by atoms with E-state index in [1.807, 2.05) is 0 Å². The number of methoxy groups -OCH3 is 3. The van der Waals surface area contributed by atoms with Crippen molar-refractivity contribution in [2.24, 2.45) is 0 Å². The van der Waals surface area contributed by atoms with Gasteiger partial charge in [0, 0.05) is 67.9 Å². The number of anilines is 3. The molecule has 6 N–H and O–H groups in total. The molecule has 9 aromatic rings. The number of hydrogen-bond acceptors (Lipinski definition) is 21. The Morgan fingerprint density at radius 3 is 0.763 bits per heavy atom. The molecule has 3 atom stereocenters. The molecular weight excluding hydrogens is 1240 g/mol. The van der Waals surface area contributed by atoms with Crippen LogP contribution in [-0.4, -0.2) is 105 Å². The molecule has 15 rings (SSSR count). The van der Waals surface area contributed by atoms with E-state index in [9.17, 15) is 43.2 Å². The molecule has 6 aliphatic rings. The molecule has 0 amide bonds. The third kappa shape index (κ3) is 10.5. The van der Waals surface area contributed by atoms with Crippen LogP contribution in [0.15, 0.2) is 209 Å². The number of ether oxygens (including phenoxy) is 3. The fourth-order valence-corrected chi connectivity index (χ4v) is 13.5. The largest absolute Gasteiger partial charge is 0.497 e. The minimum atomic E-state index is -0.742. The number of ketones is 6. The first-order chi connectivity index (χ1) is 45.1. The lowest BCUT2D eigenvalue weighted by Gasteiger charge is -2.32. The SMILES string of the molecule is COc1ccc([C@@H]2C3=C(Nc4nc(SC)[nH]c(=O)c42)C(=O)c2ccccc2C3=O)cc1.COc1ccc([C@@H]2C3=C(Nc4nc(SC)[nH]c(=O)c42)C(=O)c2ccccc2C3=O)cc1.COc1ccc([C@H]2C3=C(Nc4nc(SC)[nH]c(=O)c42)C(=O)c2ccccc2C3=O)cc1. The molecule has 0 unspecified atom stereocenters. The molecule has 0 saturated heterocycles. The summed E-state index contributed by atoms with van der Waals surface area (Å²) in [4.78, 5) is 141. The van der Waals surface area contributed by atoms with Gasteiger partial charge in [0.15, 0.2) is 32.8 Å². The minimum absolute atomic E-state index is 0.169. The van der Waals surface area contributed by atoms with E-state index in [1.165, 1.54) is 35.3 Å². The Kier molecular flexibility index (Phi) is 16.2. The second-order valence-electron chi connectivity index (χ2n) is 21.5. The minimum Gasteiger partial charge on any atom is -0.497 e. The van der Waals surface area contributed by atoms with Crippen molar-refractivity contribution in [3.05, 3.63) is 277 Å². The van der Waals surface area contributed by atoms with E-state index in [4.69, 9.17) is 14.2 Å². The van der Waals surface area contributed by atoms with E-state index in [0.717, 1.165) is 0 Å². The molecule has 0 saturated carbocycles. The lowest BCUT2D eigenvalue weighted by molar-refractivity contribution is 0.0971. The predicted octanol–water partition coefficient (Wildman–Crippen LogP) is 10.2. The van der Waals surface area contributed by atoms with Crippen molar-refractivity contribution in [2.45, 2.75) is 33.2 Å². The van der Waals surface area contributed by atoms with Crippen LogP contribution in [0.5, 0.6) is 17.2 Å². The quantitative estimate of drug-likeness (QED) is 0.0578. The molecule has 3 aliphatic carbocycles.